The summed E-state index contributed by atoms with van der Waals surface area (Å²) in [5.74, 6) is 0. The smallest absolute Gasteiger partial charge is 0.0482 e. The molecule has 0 unspecified atom stereocenters. The van der Waals surface area contributed by atoms with E-state index in [1.54, 1.807) is 0 Å². The molecule has 256 valence electrons. The van der Waals surface area contributed by atoms with Gasteiger partial charge in [0.1, 0.15) is 0 Å². The number of benzene rings is 7. The van der Waals surface area contributed by atoms with Gasteiger partial charge in [-0.05, 0) is 117 Å². The summed E-state index contributed by atoms with van der Waals surface area (Å²) in [4.78, 5) is 2.31. The summed E-state index contributed by atoms with van der Waals surface area (Å²) in [7, 11) is 0. The molecule has 0 fully saturated rings. The molecule has 0 aromatic heterocycles. The molecule has 0 aliphatic heterocycles. The molecule has 0 heterocycles. The van der Waals surface area contributed by atoms with Gasteiger partial charge in [-0.2, -0.15) is 0 Å². The summed E-state index contributed by atoms with van der Waals surface area (Å²) in [6.45, 7) is 4.69. The lowest BCUT2D eigenvalue weighted by molar-refractivity contribution is 0.661. The Kier molecular flexibility index (Phi) is 9.99. The normalized spacial score (nSPS) is 13.6. The van der Waals surface area contributed by atoms with Crippen molar-refractivity contribution in [2.24, 2.45) is 0 Å². The van der Waals surface area contributed by atoms with Crippen molar-refractivity contribution in [3.05, 3.63) is 204 Å². The molecule has 52 heavy (non-hydrogen) atoms. The lowest BCUT2D eigenvalue weighted by Gasteiger charge is -2.27. The van der Waals surface area contributed by atoms with Gasteiger partial charge < -0.3 is 4.90 Å². The summed E-state index contributed by atoms with van der Waals surface area (Å²) in [5.41, 5.74) is 13.4. The number of fused-ring (bicyclic) bond motifs is 5. The van der Waals surface area contributed by atoms with Crippen LogP contribution in [0.3, 0.4) is 0 Å². The van der Waals surface area contributed by atoms with Crippen molar-refractivity contribution in [1.29, 1.82) is 0 Å². The molecule has 0 bridgehead atoms. The van der Waals surface area contributed by atoms with Crippen LogP contribution >= 0.6 is 11.6 Å². The molecular weight excluding hydrogens is 650 g/mol. The fraction of sp³-hybridized carbons (Fsp3) is 0.120. The Balaban J connectivity index is 0.000000548. The van der Waals surface area contributed by atoms with E-state index in [1.807, 2.05) is 36.4 Å². The van der Waals surface area contributed by atoms with Crippen LogP contribution in [-0.4, -0.2) is 0 Å². The molecule has 0 saturated heterocycles. The highest BCUT2D eigenvalue weighted by molar-refractivity contribution is 6.31. The minimum atomic E-state index is -0.104. The van der Waals surface area contributed by atoms with Gasteiger partial charge in [0.25, 0.3) is 0 Å². The van der Waals surface area contributed by atoms with Crippen LogP contribution < -0.4 is 4.90 Å². The van der Waals surface area contributed by atoms with Gasteiger partial charge in [0, 0.05) is 27.5 Å². The van der Waals surface area contributed by atoms with E-state index < -0.39 is 0 Å². The maximum absolute atomic E-state index is 7.00. The maximum atomic E-state index is 7.00. The van der Waals surface area contributed by atoms with Crippen LogP contribution in [0.2, 0.25) is 5.02 Å². The van der Waals surface area contributed by atoms with Crippen LogP contribution in [0.5, 0.6) is 0 Å². The lowest BCUT2D eigenvalue weighted by Crippen LogP contribution is -2.15. The molecule has 0 N–H and O–H groups in total. The van der Waals surface area contributed by atoms with Gasteiger partial charge in [-0.25, -0.2) is 0 Å². The average molecular weight is 694 g/mol. The summed E-state index contributed by atoms with van der Waals surface area (Å²) in [6, 6.07) is 58.1. The summed E-state index contributed by atoms with van der Waals surface area (Å²) in [5, 5.41) is 3.23. The van der Waals surface area contributed by atoms with E-state index in [0.717, 1.165) is 35.5 Å². The van der Waals surface area contributed by atoms with Crippen molar-refractivity contribution in [3.8, 4) is 22.3 Å². The van der Waals surface area contributed by atoms with E-state index in [4.69, 9.17) is 11.6 Å². The number of hydrogen-bond donors (Lipinski definition) is 0. The first-order valence-corrected chi connectivity index (χ1v) is 18.2. The lowest BCUT2D eigenvalue weighted by atomic mass is 9.80. The molecule has 2 aliphatic carbocycles. The fourth-order valence-electron chi connectivity index (χ4n) is 7.69. The minimum absolute atomic E-state index is 0. The standard InChI is InChI=1S/C43H34ClN.C6H6.CH4/c1-43(2)40-20-12-11-19-38(40)42-37-18-10-9-17-36(37)39(28-41(42)43)31-25-32(44)27-35(26-31)45(33-15-7-4-8-16-33)34-23-21-30(22-24-34)29-13-5-3-6-14-29;1-2-4-6-5-3-1;/h4-5,7-28H,3,6H2,1-2H3;1-6H;1H4. The second-order valence-electron chi connectivity index (χ2n) is 13.8. The van der Waals surface area contributed by atoms with E-state index in [1.165, 1.54) is 49.7 Å². The quantitative estimate of drug-likeness (QED) is 0.173. The Labute approximate surface area is 314 Å². The number of nitrogens with zero attached hydrogens (tertiary/aromatic N) is 1. The summed E-state index contributed by atoms with van der Waals surface area (Å²) < 4.78 is 0. The van der Waals surface area contributed by atoms with Crippen molar-refractivity contribution in [1.82, 2.24) is 0 Å². The van der Waals surface area contributed by atoms with E-state index in [9.17, 15) is 0 Å². The molecule has 0 saturated carbocycles. The highest BCUT2D eigenvalue weighted by Gasteiger charge is 2.37. The predicted octanol–water partition coefficient (Wildman–Crippen LogP) is 15.0. The first-order chi connectivity index (χ1) is 25.0. The summed E-state index contributed by atoms with van der Waals surface area (Å²) in [6.07, 6.45) is 9.03. The molecule has 0 atom stereocenters. The van der Waals surface area contributed by atoms with E-state index >= 15 is 0 Å². The zero-order valence-corrected chi connectivity index (χ0v) is 29.8. The van der Waals surface area contributed by atoms with E-state index in [-0.39, 0.29) is 12.8 Å². The largest absolute Gasteiger partial charge is 0.310 e. The topological polar surface area (TPSA) is 3.24 Å². The van der Waals surface area contributed by atoms with Gasteiger partial charge >= 0.3 is 0 Å². The molecule has 1 nitrogen and oxygen atoms in total. The van der Waals surface area contributed by atoms with Crippen LogP contribution in [0.1, 0.15) is 50.8 Å². The van der Waals surface area contributed by atoms with Crippen LogP contribution in [0.25, 0.3) is 38.6 Å². The zero-order valence-electron chi connectivity index (χ0n) is 29.1. The number of allylic oxidation sites excluding steroid dienone is 4. The molecular formula is C50H44ClN. The van der Waals surface area contributed by atoms with Crippen molar-refractivity contribution in [2.75, 3.05) is 4.90 Å². The van der Waals surface area contributed by atoms with Gasteiger partial charge in [-0.1, -0.05) is 166 Å². The van der Waals surface area contributed by atoms with Crippen LogP contribution in [0, 0.1) is 0 Å². The molecule has 2 heteroatoms. The van der Waals surface area contributed by atoms with Crippen LogP contribution in [-0.2, 0) is 5.41 Å². The van der Waals surface area contributed by atoms with Crippen molar-refractivity contribution in [3.63, 3.8) is 0 Å². The number of halogens is 1. The number of anilines is 3. The Bertz CT molecular complexity index is 2360. The zero-order chi connectivity index (χ0) is 34.8. The SMILES string of the molecule is C.CC1(C)c2ccccc2-c2c1cc(-c1cc(Cl)cc(N(c3ccccc3)c3ccc(C4=CCCC=C4)cc3)c1)c1ccccc21.c1ccccc1. The molecule has 0 amide bonds. The number of hydrogen-bond acceptors (Lipinski definition) is 1. The van der Waals surface area contributed by atoms with Gasteiger partial charge in [0.15, 0.2) is 0 Å². The summed E-state index contributed by atoms with van der Waals surface area (Å²) >= 11 is 7.00. The second kappa shape index (κ2) is 14.9. The third-order valence-corrected chi connectivity index (χ3v) is 10.4. The minimum Gasteiger partial charge on any atom is -0.310 e. The van der Waals surface area contributed by atoms with Crippen molar-refractivity contribution < 1.29 is 0 Å². The predicted molar refractivity (Wildman–Crippen MR) is 226 cm³/mol. The molecule has 0 spiro atoms. The van der Waals surface area contributed by atoms with Gasteiger partial charge in [-0.15, -0.1) is 0 Å². The molecule has 2 aliphatic rings. The Morgan fingerprint density at radius 3 is 1.83 bits per heavy atom. The third-order valence-electron chi connectivity index (χ3n) is 10.2. The Morgan fingerprint density at radius 1 is 0.519 bits per heavy atom. The first-order valence-electron chi connectivity index (χ1n) is 17.8. The average Bonchev–Trinajstić information content (AvgIpc) is 3.42. The van der Waals surface area contributed by atoms with E-state index in [0.29, 0.717) is 5.02 Å². The number of para-hydroxylation sites is 1. The first kappa shape index (κ1) is 34.8. The second-order valence-corrected chi connectivity index (χ2v) is 14.2. The fourth-order valence-corrected chi connectivity index (χ4v) is 7.92. The van der Waals surface area contributed by atoms with Crippen LogP contribution in [0.15, 0.2) is 182 Å². The monoisotopic (exact) mass is 693 g/mol. The van der Waals surface area contributed by atoms with Gasteiger partial charge in [-0.3, -0.25) is 0 Å². The number of rotatable bonds is 5. The molecule has 9 rings (SSSR count). The van der Waals surface area contributed by atoms with Gasteiger partial charge in [0.05, 0.1) is 0 Å². The molecule has 7 aromatic rings. The highest BCUT2D eigenvalue weighted by Crippen LogP contribution is 2.53. The Hall–Kier alpha value is -5.63. The third kappa shape index (κ3) is 6.61. The van der Waals surface area contributed by atoms with E-state index in [2.05, 4.69) is 164 Å². The van der Waals surface area contributed by atoms with Gasteiger partial charge in [0.2, 0.25) is 0 Å². The van der Waals surface area contributed by atoms with Crippen LogP contribution in [0.4, 0.5) is 17.1 Å². The molecule has 7 aromatic carbocycles. The Morgan fingerprint density at radius 2 is 1.13 bits per heavy atom. The van der Waals surface area contributed by atoms with Crippen molar-refractivity contribution in [2.45, 2.75) is 39.5 Å². The maximum Gasteiger partial charge on any atom is 0.0482 e. The molecule has 0 radical (unpaired) electrons. The highest BCUT2D eigenvalue weighted by atomic mass is 35.5. The van der Waals surface area contributed by atoms with Crippen molar-refractivity contribution >= 4 is 45.0 Å².